The van der Waals surface area contributed by atoms with Crippen molar-refractivity contribution in [2.24, 2.45) is 0 Å². The van der Waals surface area contributed by atoms with E-state index in [0.29, 0.717) is 5.16 Å². The molecule has 0 aliphatic rings. The van der Waals surface area contributed by atoms with Gasteiger partial charge >= 0.3 is 5.97 Å². The summed E-state index contributed by atoms with van der Waals surface area (Å²) in [6, 6.07) is 2.42. The fourth-order valence-corrected chi connectivity index (χ4v) is 2.21. The second-order valence-corrected chi connectivity index (χ2v) is 5.02. The number of aromatic nitrogens is 2. The Morgan fingerprint density at radius 3 is 2.60 bits per heavy atom. The Morgan fingerprint density at radius 1 is 1.35 bits per heavy atom. The molecular formula is C13H12FN3O2S. The highest BCUT2D eigenvalue weighted by atomic mass is 32.2. The lowest BCUT2D eigenvalue weighted by molar-refractivity contribution is 0.0601. The van der Waals surface area contributed by atoms with Crippen molar-refractivity contribution in [3.63, 3.8) is 0 Å². The third-order valence-electron chi connectivity index (χ3n) is 2.47. The molecule has 2 aromatic rings. The number of methoxy groups -OCH3 is 1. The first-order chi connectivity index (χ1) is 9.51. The zero-order chi connectivity index (χ0) is 14.7. The lowest BCUT2D eigenvalue weighted by atomic mass is 10.2. The van der Waals surface area contributed by atoms with Gasteiger partial charge in [-0.25, -0.2) is 19.2 Å². The van der Waals surface area contributed by atoms with E-state index in [0.717, 1.165) is 23.4 Å². The van der Waals surface area contributed by atoms with Gasteiger partial charge in [-0.05, 0) is 36.4 Å². The highest BCUT2D eigenvalue weighted by Crippen LogP contribution is 2.30. The van der Waals surface area contributed by atoms with Crippen molar-refractivity contribution in [2.45, 2.75) is 17.0 Å². The maximum atomic E-state index is 13.9. The quantitative estimate of drug-likeness (QED) is 0.532. The first-order valence-corrected chi connectivity index (χ1v) is 6.46. The molecule has 0 aliphatic heterocycles. The summed E-state index contributed by atoms with van der Waals surface area (Å²) in [5.74, 6) is -1.15. The van der Waals surface area contributed by atoms with E-state index in [1.807, 2.05) is 6.92 Å². The van der Waals surface area contributed by atoms with Crippen molar-refractivity contribution in [3.8, 4) is 0 Å². The maximum absolute atomic E-state index is 13.9. The van der Waals surface area contributed by atoms with Gasteiger partial charge in [0, 0.05) is 18.1 Å². The van der Waals surface area contributed by atoms with Crippen LogP contribution in [-0.2, 0) is 4.74 Å². The molecular weight excluding hydrogens is 281 g/mol. The maximum Gasteiger partial charge on any atom is 0.339 e. The molecule has 1 aromatic carbocycles. The van der Waals surface area contributed by atoms with E-state index in [-0.39, 0.29) is 16.1 Å². The number of halogens is 1. The van der Waals surface area contributed by atoms with E-state index in [9.17, 15) is 9.18 Å². The van der Waals surface area contributed by atoms with Crippen LogP contribution < -0.4 is 5.73 Å². The molecule has 20 heavy (non-hydrogen) atoms. The van der Waals surface area contributed by atoms with Crippen molar-refractivity contribution < 1.29 is 13.9 Å². The van der Waals surface area contributed by atoms with Crippen LogP contribution >= 0.6 is 11.8 Å². The van der Waals surface area contributed by atoms with Crippen LogP contribution in [0.4, 0.5) is 10.1 Å². The van der Waals surface area contributed by atoms with Crippen molar-refractivity contribution >= 4 is 23.4 Å². The van der Waals surface area contributed by atoms with Crippen molar-refractivity contribution in [3.05, 3.63) is 41.5 Å². The topological polar surface area (TPSA) is 78.1 Å². The van der Waals surface area contributed by atoms with E-state index in [1.54, 1.807) is 12.4 Å². The van der Waals surface area contributed by atoms with Gasteiger partial charge in [-0.15, -0.1) is 0 Å². The number of rotatable bonds is 3. The third-order valence-corrected chi connectivity index (χ3v) is 3.39. The Bertz CT molecular complexity index is 647. The summed E-state index contributed by atoms with van der Waals surface area (Å²) in [5, 5.41) is 0.384. The number of nitrogens with zero attached hydrogens (tertiary/aromatic N) is 2. The number of carbonyl (C=O) groups excluding carboxylic acids is 1. The van der Waals surface area contributed by atoms with Gasteiger partial charge in [-0.3, -0.25) is 0 Å². The van der Waals surface area contributed by atoms with Crippen molar-refractivity contribution in [1.29, 1.82) is 0 Å². The SMILES string of the molecule is COC(=O)c1cc(Sc2ncc(C)cn2)c(F)cc1N. The molecule has 7 heteroatoms. The number of anilines is 1. The van der Waals surface area contributed by atoms with Gasteiger partial charge in [0.25, 0.3) is 0 Å². The minimum atomic E-state index is -0.617. The van der Waals surface area contributed by atoms with Gasteiger partial charge < -0.3 is 10.5 Å². The zero-order valence-corrected chi connectivity index (χ0v) is 11.7. The number of hydrogen-bond donors (Lipinski definition) is 1. The number of nitrogens with two attached hydrogens (primary N) is 1. The Kier molecular flexibility index (Phi) is 4.19. The predicted octanol–water partition coefficient (Wildman–Crippen LogP) is 2.44. The summed E-state index contributed by atoms with van der Waals surface area (Å²) in [4.78, 5) is 19.9. The molecule has 0 fully saturated rings. The Balaban J connectivity index is 2.36. The molecule has 0 unspecified atom stereocenters. The molecule has 2 rings (SSSR count). The molecule has 0 bridgehead atoms. The van der Waals surface area contributed by atoms with E-state index >= 15 is 0 Å². The van der Waals surface area contributed by atoms with Crippen LogP contribution in [0.5, 0.6) is 0 Å². The molecule has 0 saturated carbocycles. The highest BCUT2D eigenvalue weighted by molar-refractivity contribution is 7.99. The fourth-order valence-electron chi connectivity index (χ4n) is 1.47. The summed E-state index contributed by atoms with van der Waals surface area (Å²) in [6.45, 7) is 1.85. The normalized spacial score (nSPS) is 10.3. The monoisotopic (exact) mass is 293 g/mol. The van der Waals surface area contributed by atoms with Gasteiger partial charge in [-0.1, -0.05) is 0 Å². The Labute approximate surface area is 119 Å². The number of carbonyl (C=O) groups is 1. The van der Waals surface area contributed by atoms with Gasteiger partial charge in [0.15, 0.2) is 5.16 Å². The summed E-state index contributed by atoms with van der Waals surface area (Å²) < 4.78 is 18.5. The van der Waals surface area contributed by atoms with Gasteiger partial charge in [-0.2, -0.15) is 0 Å². The molecule has 0 saturated heterocycles. The molecule has 2 N–H and O–H groups in total. The molecule has 0 aliphatic carbocycles. The number of aryl methyl sites for hydroxylation is 1. The van der Waals surface area contributed by atoms with Crippen LogP contribution in [0.1, 0.15) is 15.9 Å². The van der Waals surface area contributed by atoms with E-state index < -0.39 is 11.8 Å². The first-order valence-electron chi connectivity index (χ1n) is 5.65. The molecule has 104 valence electrons. The van der Waals surface area contributed by atoms with Crippen LogP contribution in [0.3, 0.4) is 0 Å². The summed E-state index contributed by atoms with van der Waals surface area (Å²) in [6.07, 6.45) is 3.26. The third kappa shape index (κ3) is 3.05. The molecule has 5 nitrogen and oxygen atoms in total. The second-order valence-electron chi connectivity index (χ2n) is 4.01. The lowest BCUT2D eigenvalue weighted by Crippen LogP contribution is -2.06. The first kappa shape index (κ1) is 14.3. The van der Waals surface area contributed by atoms with Crippen molar-refractivity contribution in [1.82, 2.24) is 9.97 Å². The standard InChI is InChI=1S/C13H12FN3O2S/c1-7-5-16-13(17-6-7)20-11-3-8(12(18)19-2)10(15)4-9(11)14/h3-6H,15H2,1-2H3. The smallest absolute Gasteiger partial charge is 0.339 e. The molecule has 0 radical (unpaired) electrons. The molecule has 0 spiro atoms. The summed E-state index contributed by atoms with van der Waals surface area (Å²) in [5.41, 5.74) is 6.65. The molecule has 0 amide bonds. The van der Waals surface area contributed by atoms with E-state index in [2.05, 4.69) is 14.7 Å². The number of hydrogen-bond acceptors (Lipinski definition) is 6. The van der Waals surface area contributed by atoms with Gasteiger partial charge in [0.1, 0.15) is 5.82 Å². The largest absolute Gasteiger partial charge is 0.465 e. The van der Waals surface area contributed by atoms with E-state index in [4.69, 9.17) is 5.73 Å². The average molecular weight is 293 g/mol. The number of ether oxygens (including phenoxy) is 1. The number of nitrogen functional groups attached to an aromatic ring is 1. The van der Waals surface area contributed by atoms with Crippen LogP contribution in [-0.4, -0.2) is 23.0 Å². The summed E-state index contributed by atoms with van der Waals surface area (Å²) >= 11 is 1.01. The van der Waals surface area contributed by atoms with Crippen LogP contribution in [0.25, 0.3) is 0 Å². The average Bonchev–Trinajstić information content (AvgIpc) is 2.43. The van der Waals surface area contributed by atoms with Crippen LogP contribution in [0, 0.1) is 12.7 Å². The minimum absolute atomic E-state index is 0.0310. The molecule has 0 atom stereocenters. The van der Waals surface area contributed by atoms with E-state index in [1.165, 1.54) is 13.2 Å². The lowest BCUT2D eigenvalue weighted by Gasteiger charge is -2.08. The Hall–Kier alpha value is -2.15. The number of esters is 1. The zero-order valence-electron chi connectivity index (χ0n) is 10.9. The predicted molar refractivity (Wildman–Crippen MR) is 73.0 cm³/mol. The minimum Gasteiger partial charge on any atom is -0.465 e. The highest BCUT2D eigenvalue weighted by Gasteiger charge is 2.16. The fraction of sp³-hybridized carbons (Fsp3) is 0.154. The summed E-state index contributed by atoms with van der Waals surface area (Å²) in [7, 11) is 1.24. The molecule has 1 aromatic heterocycles. The van der Waals surface area contributed by atoms with Gasteiger partial charge in [0.05, 0.1) is 17.6 Å². The van der Waals surface area contributed by atoms with Crippen LogP contribution in [0.15, 0.2) is 34.6 Å². The van der Waals surface area contributed by atoms with Gasteiger partial charge in [0.2, 0.25) is 0 Å². The molecule has 1 heterocycles. The second kappa shape index (κ2) is 5.87. The van der Waals surface area contributed by atoms with Crippen LogP contribution in [0.2, 0.25) is 0 Å². The Morgan fingerprint density at radius 2 is 2.00 bits per heavy atom. The van der Waals surface area contributed by atoms with Crippen molar-refractivity contribution in [2.75, 3.05) is 12.8 Å². The number of benzene rings is 1.